The van der Waals surface area contributed by atoms with E-state index in [1.807, 2.05) is 6.07 Å². The van der Waals surface area contributed by atoms with Gasteiger partial charge >= 0.3 is 0 Å². The van der Waals surface area contributed by atoms with E-state index in [-0.39, 0.29) is 5.54 Å². The molecule has 96 valence electrons. The van der Waals surface area contributed by atoms with Gasteiger partial charge in [0.05, 0.1) is 0 Å². The van der Waals surface area contributed by atoms with E-state index in [4.69, 9.17) is 11.6 Å². The molecule has 0 spiro atoms. The van der Waals surface area contributed by atoms with E-state index >= 15 is 0 Å². The van der Waals surface area contributed by atoms with Gasteiger partial charge in [-0.3, -0.25) is 0 Å². The third-order valence-electron chi connectivity index (χ3n) is 4.56. The zero-order valence-electron chi connectivity index (χ0n) is 10.9. The number of fused-ring (bicyclic) bond motifs is 6. The summed E-state index contributed by atoms with van der Waals surface area (Å²) < 4.78 is 0. The molecule has 0 saturated carbocycles. The van der Waals surface area contributed by atoms with Gasteiger partial charge in [-0.1, -0.05) is 41.9 Å². The van der Waals surface area contributed by atoms with Gasteiger partial charge in [-0.2, -0.15) is 0 Å². The van der Waals surface area contributed by atoms with Gasteiger partial charge in [-0.15, -0.1) is 0 Å². The number of benzene rings is 2. The van der Waals surface area contributed by atoms with Crippen molar-refractivity contribution < 1.29 is 0 Å². The first-order chi connectivity index (χ1) is 9.16. The smallest absolute Gasteiger partial charge is 0.0455 e. The van der Waals surface area contributed by atoms with Crippen molar-refractivity contribution in [3.05, 3.63) is 69.7 Å². The number of hydrogen-bond acceptors (Lipinski definition) is 1. The van der Waals surface area contributed by atoms with Crippen LogP contribution in [0.1, 0.15) is 35.2 Å². The fourth-order valence-corrected chi connectivity index (χ4v) is 3.90. The van der Waals surface area contributed by atoms with E-state index in [2.05, 4.69) is 48.6 Å². The predicted octanol–water partition coefficient (Wildman–Crippen LogP) is 4.00. The van der Waals surface area contributed by atoms with Gasteiger partial charge in [0.25, 0.3) is 0 Å². The summed E-state index contributed by atoms with van der Waals surface area (Å²) in [5.41, 5.74) is 5.79. The molecule has 2 bridgehead atoms. The van der Waals surface area contributed by atoms with Gasteiger partial charge in [0, 0.05) is 16.6 Å². The highest BCUT2D eigenvalue weighted by molar-refractivity contribution is 6.30. The molecule has 0 radical (unpaired) electrons. The third-order valence-corrected chi connectivity index (χ3v) is 4.79. The van der Waals surface area contributed by atoms with Crippen molar-refractivity contribution in [2.45, 2.75) is 31.3 Å². The molecular weight excluding hydrogens is 254 g/mol. The molecule has 0 amide bonds. The lowest BCUT2D eigenvalue weighted by molar-refractivity contribution is 0.368. The molecule has 2 aromatic rings. The minimum Gasteiger partial charge on any atom is -0.300 e. The van der Waals surface area contributed by atoms with E-state index in [0.29, 0.717) is 6.04 Å². The van der Waals surface area contributed by atoms with Crippen molar-refractivity contribution in [3.63, 3.8) is 0 Å². The molecular formula is C17H16ClN. The van der Waals surface area contributed by atoms with E-state index in [1.165, 1.54) is 22.3 Å². The molecule has 0 aliphatic carbocycles. The van der Waals surface area contributed by atoms with Crippen LogP contribution in [0.15, 0.2) is 42.5 Å². The maximum atomic E-state index is 6.15. The molecule has 2 atom stereocenters. The lowest BCUT2D eigenvalue weighted by Crippen LogP contribution is -2.36. The van der Waals surface area contributed by atoms with Gasteiger partial charge in [-0.05, 0) is 54.2 Å². The van der Waals surface area contributed by atoms with Crippen LogP contribution in [0.25, 0.3) is 0 Å². The minimum absolute atomic E-state index is 0.0559. The predicted molar refractivity (Wildman–Crippen MR) is 78.5 cm³/mol. The van der Waals surface area contributed by atoms with E-state index in [1.54, 1.807) is 0 Å². The van der Waals surface area contributed by atoms with Crippen molar-refractivity contribution in [2.75, 3.05) is 0 Å². The molecule has 2 aromatic carbocycles. The Bertz CT molecular complexity index is 664. The highest BCUT2D eigenvalue weighted by Gasteiger charge is 2.41. The average molecular weight is 270 g/mol. The monoisotopic (exact) mass is 269 g/mol. The van der Waals surface area contributed by atoms with Gasteiger partial charge in [0.1, 0.15) is 0 Å². The van der Waals surface area contributed by atoms with Gasteiger partial charge < -0.3 is 5.32 Å². The minimum atomic E-state index is 0.0559. The second-order valence-corrected chi connectivity index (χ2v) is 6.35. The first kappa shape index (κ1) is 11.5. The zero-order valence-corrected chi connectivity index (χ0v) is 11.7. The summed E-state index contributed by atoms with van der Waals surface area (Å²) in [6.07, 6.45) is 2.06. The largest absolute Gasteiger partial charge is 0.300 e. The first-order valence-corrected chi connectivity index (χ1v) is 7.18. The van der Waals surface area contributed by atoms with Crippen LogP contribution >= 0.6 is 11.6 Å². The standard InChI is InChI=1S/C17H16ClN/c1-17-10-11-6-7-13(18)8-12(11)9-16(19-17)14-4-2-3-5-15(14)17/h2-8,16,19H,9-10H2,1H3. The van der Waals surface area contributed by atoms with E-state index in [0.717, 1.165) is 17.9 Å². The molecule has 2 aliphatic rings. The molecule has 1 nitrogen and oxygen atoms in total. The summed E-state index contributed by atoms with van der Waals surface area (Å²) in [6, 6.07) is 15.6. The van der Waals surface area contributed by atoms with Gasteiger partial charge in [0.15, 0.2) is 0 Å². The normalized spacial score (nSPS) is 27.6. The number of halogens is 1. The maximum absolute atomic E-state index is 6.15. The van der Waals surface area contributed by atoms with Crippen LogP contribution in [0.4, 0.5) is 0 Å². The molecule has 0 aromatic heterocycles. The summed E-state index contributed by atoms with van der Waals surface area (Å²) in [4.78, 5) is 0. The zero-order chi connectivity index (χ0) is 13.0. The summed E-state index contributed by atoms with van der Waals surface area (Å²) in [7, 11) is 0. The average Bonchev–Trinajstić information content (AvgIpc) is 2.57. The fraction of sp³-hybridized carbons (Fsp3) is 0.294. The molecule has 2 heteroatoms. The van der Waals surface area contributed by atoms with Crippen molar-refractivity contribution in [3.8, 4) is 0 Å². The Morgan fingerprint density at radius 3 is 2.89 bits per heavy atom. The Morgan fingerprint density at radius 2 is 2.00 bits per heavy atom. The third kappa shape index (κ3) is 1.65. The van der Waals surface area contributed by atoms with Crippen LogP contribution in [-0.2, 0) is 18.4 Å². The lowest BCUT2D eigenvalue weighted by atomic mass is 9.82. The number of rotatable bonds is 0. The van der Waals surface area contributed by atoms with Crippen LogP contribution in [0, 0.1) is 0 Å². The van der Waals surface area contributed by atoms with Crippen molar-refractivity contribution in [2.24, 2.45) is 0 Å². The number of hydrogen-bond donors (Lipinski definition) is 1. The molecule has 4 rings (SSSR count). The van der Waals surface area contributed by atoms with Crippen LogP contribution in [0.5, 0.6) is 0 Å². The molecule has 1 N–H and O–H groups in total. The van der Waals surface area contributed by atoms with E-state index < -0.39 is 0 Å². The SMILES string of the molecule is CC12Cc3ccc(Cl)cc3CC(N1)c1ccccc12. The highest BCUT2D eigenvalue weighted by Crippen LogP contribution is 2.44. The summed E-state index contributed by atoms with van der Waals surface area (Å²) in [6.45, 7) is 2.32. The Kier molecular flexibility index (Phi) is 2.33. The van der Waals surface area contributed by atoms with Crippen molar-refractivity contribution >= 4 is 11.6 Å². The first-order valence-electron chi connectivity index (χ1n) is 6.80. The molecule has 0 fully saturated rings. The Balaban J connectivity index is 1.90. The fourth-order valence-electron chi connectivity index (χ4n) is 3.71. The van der Waals surface area contributed by atoms with Gasteiger partial charge in [-0.25, -0.2) is 0 Å². The summed E-state index contributed by atoms with van der Waals surface area (Å²) in [5, 5.41) is 4.66. The summed E-state index contributed by atoms with van der Waals surface area (Å²) >= 11 is 6.15. The second kappa shape index (κ2) is 3.84. The Labute approximate surface area is 118 Å². The lowest BCUT2D eigenvalue weighted by Gasteiger charge is -2.26. The van der Waals surface area contributed by atoms with Crippen LogP contribution in [0.3, 0.4) is 0 Å². The van der Waals surface area contributed by atoms with Crippen molar-refractivity contribution in [1.82, 2.24) is 5.32 Å². The Hall–Kier alpha value is -1.31. The molecule has 2 heterocycles. The molecule has 2 aliphatic heterocycles. The number of nitrogens with one attached hydrogen (secondary N) is 1. The Morgan fingerprint density at radius 1 is 1.16 bits per heavy atom. The van der Waals surface area contributed by atoms with Crippen LogP contribution in [-0.4, -0.2) is 0 Å². The second-order valence-electron chi connectivity index (χ2n) is 5.91. The van der Waals surface area contributed by atoms with E-state index in [9.17, 15) is 0 Å². The summed E-state index contributed by atoms with van der Waals surface area (Å²) in [5.74, 6) is 0. The van der Waals surface area contributed by atoms with Crippen LogP contribution < -0.4 is 5.32 Å². The van der Waals surface area contributed by atoms with Gasteiger partial charge in [0.2, 0.25) is 0 Å². The quantitative estimate of drug-likeness (QED) is 0.762. The van der Waals surface area contributed by atoms with Crippen molar-refractivity contribution in [1.29, 1.82) is 0 Å². The highest BCUT2D eigenvalue weighted by atomic mass is 35.5. The molecule has 0 saturated heterocycles. The molecule has 19 heavy (non-hydrogen) atoms. The molecule has 2 unspecified atom stereocenters. The maximum Gasteiger partial charge on any atom is 0.0455 e. The topological polar surface area (TPSA) is 12.0 Å². The van der Waals surface area contributed by atoms with Crippen LogP contribution in [0.2, 0.25) is 5.02 Å².